The average Bonchev–Trinajstić information content (AvgIpc) is 2.95. The van der Waals surface area contributed by atoms with Crippen molar-refractivity contribution in [3.05, 3.63) is 17.7 Å². The van der Waals surface area contributed by atoms with Crippen LogP contribution in [0.15, 0.2) is 12.1 Å². The van der Waals surface area contributed by atoms with Gasteiger partial charge in [-0.15, -0.1) is 0 Å². The van der Waals surface area contributed by atoms with E-state index in [4.69, 9.17) is 23.7 Å². The summed E-state index contributed by atoms with van der Waals surface area (Å²) >= 11 is 0. The SMILES string of the molecule is COc1nc2c3c(ccc2c(OC)c1C[C@H]1OC1(C)C)OCO3. The Morgan fingerprint density at radius 2 is 2.00 bits per heavy atom. The number of ether oxygens (including phenoxy) is 5. The molecule has 0 N–H and O–H groups in total. The molecule has 0 bridgehead atoms. The van der Waals surface area contributed by atoms with Crippen LogP contribution in [0.25, 0.3) is 10.9 Å². The number of nitrogens with zero attached hydrogens (tertiary/aromatic N) is 1. The maximum absolute atomic E-state index is 5.71. The third kappa shape index (κ3) is 2.16. The van der Waals surface area contributed by atoms with Gasteiger partial charge < -0.3 is 23.7 Å². The molecule has 6 heteroatoms. The highest BCUT2D eigenvalue weighted by atomic mass is 16.7. The minimum absolute atomic E-state index is 0.111. The van der Waals surface area contributed by atoms with E-state index in [0.717, 1.165) is 16.7 Å². The Labute approximate surface area is 134 Å². The molecule has 23 heavy (non-hydrogen) atoms. The molecule has 6 nitrogen and oxygen atoms in total. The minimum atomic E-state index is -0.111. The predicted octanol–water partition coefficient (Wildman–Crippen LogP) is 2.70. The Morgan fingerprint density at radius 1 is 1.22 bits per heavy atom. The van der Waals surface area contributed by atoms with Gasteiger partial charge in [-0.1, -0.05) is 0 Å². The quantitative estimate of drug-likeness (QED) is 0.808. The minimum Gasteiger partial charge on any atom is -0.496 e. The van der Waals surface area contributed by atoms with Crippen molar-refractivity contribution in [1.82, 2.24) is 4.98 Å². The monoisotopic (exact) mass is 317 g/mol. The molecule has 0 aliphatic carbocycles. The molecule has 1 aromatic heterocycles. The zero-order valence-corrected chi connectivity index (χ0v) is 13.6. The van der Waals surface area contributed by atoms with E-state index in [2.05, 4.69) is 18.8 Å². The zero-order chi connectivity index (χ0) is 16.2. The summed E-state index contributed by atoms with van der Waals surface area (Å²) in [6.45, 7) is 4.35. The molecule has 0 unspecified atom stereocenters. The fraction of sp³-hybridized carbons (Fsp3) is 0.471. The maximum atomic E-state index is 5.71. The first-order chi connectivity index (χ1) is 11.0. The molecule has 1 aromatic carbocycles. The van der Waals surface area contributed by atoms with Crippen molar-refractivity contribution in [2.24, 2.45) is 0 Å². The van der Waals surface area contributed by atoms with Gasteiger partial charge in [0.05, 0.1) is 31.5 Å². The molecule has 4 rings (SSSR count). The summed E-state index contributed by atoms with van der Waals surface area (Å²) in [6.07, 6.45) is 0.829. The fourth-order valence-corrected chi connectivity index (χ4v) is 3.07. The van der Waals surface area contributed by atoms with Crippen LogP contribution in [0.1, 0.15) is 19.4 Å². The van der Waals surface area contributed by atoms with Gasteiger partial charge in [0.1, 0.15) is 11.3 Å². The second-order valence-electron chi connectivity index (χ2n) is 6.24. The van der Waals surface area contributed by atoms with Gasteiger partial charge in [-0.25, -0.2) is 4.98 Å². The lowest BCUT2D eigenvalue weighted by Crippen LogP contribution is -2.09. The third-order valence-corrected chi connectivity index (χ3v) is 4.45. The van der Waals surface area contributed by atoms with E-state index >= 15 is 0 Å². The van der Waals surface area contributed by atoms with Crippen LogP contribution in [0.4, 0.5) is 0 Å². The number of hydrogen-bond acceptors (Lipinski definition) is 6. The summed E-state index contributed by atoms with van der Waals surface area (Å²) in [6, 6.07) is 3.82. The molecular formula is C17H19NO5. The van der Waals surface area contributed by atoms with Crippen LogP contribution in [0.3, 0.4) is 0 Å². The topological polar surface area (TPSA) is 62.3 Å². The standard InChI is InChI=1S/C17H19NO5/c1-17(2)12(23-17)7-10-14(19-3)9-5-6-11-15(22-8-21-11)13(9)18-16(10)20-4/h5-6,12H,7-8H2,1-4H3/t12-/m1/s1. The first-order valence-electron chi connectivity index (χ1n) is 7.56. The molecule has 1 fully saturated rings. The van der Waals surface area contributed by atoms with E-state index in [1.165, 1.54) is 0 Å². The lowest BCUT2D eigenvalue weighted by atomic mass is 10.0. The number of aromatic nitrogens is 1. The summed E-state index contributed by atoms with van der Waals surface area (Å²) in [7, 11) is 3.26. The van der Waals surface area contributed by atoms with E-state index < -0.39 is 0 Å². The van der Waals surface area contributed by atoms with Gasteiger partial charge in [-0.3, -0.25) is 0 Å². The van der Waals surface area contributed by atoms with Gasteiger partial charge in [0.15, 0.2) is 11.5 Å². The van der Waals surface area contributed by atoms with Gasteiger partial charge in [0.25, 0.3) is 0 Å². The van der Waals surface area contributed by atoms with E-state index in [1.54, 1.807) is 14.2 Å². The number of benzene rings is 1. The average molecular weight is 317 g/mol. The van der Waals surface area contributed by atoms with Gasteiger partial charge in [0.2, 0.25) is 12.7 Å². The molecule has 3 heterocycles. The Balaban J connectivity index is 1.90. The first kappa shape index (κ1) is 14.4. The second-order valence-corrected chi connectivity index (χ2v) is 6.24. The molecule has 2 aromatic rings. The van der Waals surface area contributed by atoms with Gasteiger partial charge >= 0.3 is 0 Å². The molecule has 2 aliphatic heterocycles. The molecular weight excluding hydrogens is 298 g/mol. The summed E-state index contributed by atoms with van der Waals surface area (Å²) < 4.78 is 27.9. The van der Waals surface area contributed by atoms with Crippen LogP contribution < -0.4 is 18.9 Å². The molecule has 0 spiro atoms. The number of epoxide rings is 1. The lowest BCUT2D eigenvalue weighted by molar-refractivity contribution is 0.174. The number of hydrogen-bond donors (Lipinski definition) is 0. The number of fused-ring (bicyclic) bond motifs is 3. The van der Waals surface area contributed by atoms with Gasteiger partial charge in [0, 0.05) is 11.8 Å². The highest BCUT2D eigenvalue weighted by Crippen LogP contribution is 2.46. The molecule has 0 saturated carbocycles. The van der Waals surface area contributed by atoms with Crippen LogP contribution in [-0.4, -0.2) is 37.7 Å². The van der Waals surface area contributed by atoms with Crippen LogP contribution >= 0.6 is 0 Å². The highest BCUT2D eigenvalue weighted by molar-refractivity contribution is 5.94. The van der Waals surface area contributed by atoms with E-state index in [0.29, 0.717) is 29.3 Å². The molecule has 2 aliphatic rings. The van der Waals surface area contributed by atoms with Crippen molar-refractivity contribution in [2.75, 3.05) is 21.0 Å². The third-order valence-electron chi connectivity index (χ3n) is 4.45. The highest BCUT2D eigenvalue weighted by Gasteiger charge is 2.48. The Hall–Kier alpha value is -2.21. The Morgan fingerprint density at radius 3 is 2.65 bits per heavy atom. The van der Waals surface area contributed by atoms with Crippen molar-refractivity contribution in [2.45, 2.75) is 32.0 Å². The Bertz CT molecular complexity index is 786. The zero-order valence-electron chi connectivity index (χ0n) is 13.6. The second kappa shape index (κ2) is 4.89. The van der Waals surface area contributed by atoms with E-state index in [-0.39, 0.29) is 18.5 Å². The van der Waals surface area contributed by atoms with Crippen LogP contribution in [0.2, 0.25) is 0 Å². The summed E-state index contributed by atoms with van der Waals surface area (Å²) in [5.74, 6) is 2.60. The summed E-state index contributed by atoms with van der Waals surface area (Å²) in [5, 5.41) is 0.881. The van der Waals surface area contributed by atoms with Gasteiger partial charge in [-0.05, 0) is 26.0 Å². The fourth-order valence-electron chi connectivity index (χ4n) is 3.07. The lowest BCUT2D eigenvalue weighted by Gasteiger charge is -2.15. The van der Waals surface area contributed by atoms with Crippen molar-refractivity contribution in [1.29, 1.82) is 0 Å². The van der Waals surface area contributed by atoms with Crippen LogP contribution in [-0.2, 0) is 11.2 Å². The van der Waals surface area contributed by atoms with Crippen molar-refractivity contribution < 1.29 is 23.7 Å². The van der Waals surface area contributed by atoms with Gasteiger partial charge in [-0.2, -0.15) is 0 Å². The summed E-state index contributed by atoms with van der Waals surface area (Å²) in [5.41, 5.74) is 1.49. The van der Waals surface area contributed by atoms with Crippen LogP contribution in [0, 0.1) is 0 Å². The number of pyridine rings is 1. The van der Waals surface area contributed by atoms with Crippen molar-refractivity contribution in [3.63, 3.8) is 0 Å². The van der Waals surface area contributed by atoms with Crippen LogP contribution in [0.5, 0.6) is 23.1 Å². The number of rotatable bonds is 4. The predicted molar refractivity (Wildman–Crippen MR) is 83.6 cm³/mol. The van der Waals surface area contributed by atoms with E-state index in [9.17, 15) is 0 Å². The number of methoxy groups -OCH3 is 2. The summed E-state index contributed by atoms with van der Waals surface area (Å²) in [4.78, 5) is 4.64. The smallest absolute Gasteiger partial charge is 0.231 e. The molecule has 0 radical (unpaired) electrons. The normalized spacial score (nSPS) is 20.6. The first-order valence-corrected chi connectivity index (χ1v) is 7.56. The Kier molecular flexibility index (Phi) is 3.06. The largest absolute Gasteiger partial charge is 0.496 e. The maximum Gasteiger partial charge on any atom is 0.231 e. The molecule has 0 amide bonds. The molecule has 122 valence electrons. The molecule has 1 saturated heterocycles. The van der Waals surface area contributed by atoms with Crippen molar-refractivity contribution in [3.8, 4) is 23.1 Å². The molecule has 1 atom stereocenters. The van der Waals surface area contributed by atoms with E-state index in [1.807, 2.05) is 12.1 Å². The van der Waals surface area contributed by atoms with Crippen molar-refractivity contribution >= 4 is 10.9 Å².